The van der Waals surface area contributed by atoms with E-state index in [2.05, 4.69) is 12.1 Å². The summed E-state index contributed by atoms with van der Waals surface area (Å²) in [7, 11) is 0. The zero-order valence-corrected chi connectivity index (χ0v) is 23.3. The molecular formula is C36H30N2O4. The molecule has 4 amide bonds. The van der Waals surface area contributed by atoms with Crippen molar-refractivity contribution in [1.29, 1.82) is 0 Å². The summed E-state index contributed by atoms with van der Waals surface area (Å²) in [5.41, 5.74) is 4.71. The van der Waals surface area contributed by atoms with Crippen LogP contribution in [0.1, 0.15) is 116 Å². The second-order valence-corrected chi connectivity index (χ2v) is 12.1. The highest BCUT2D eigenvalue weighted by molar-refractivity contribution is 6.42. The van der Waals surface area contributed by atoms with E-state index in [1.165, 1.54) is 35.5 Å². The molecule has 2 heterocycles. The molecule has 8 rings (SSSR count). The molecule has 2 aliphatic heterocycles. The molecule has 6 heteroatoms. The summed E-state index contributed by atoms with van der Waals surface area (Å²) >= 11 is 0. The predicted octanol–water partition coefficient (Wildman–Crippen LogP) is 7.76. The first-order valence-electron chi connectivity index (χ1n) is 15.1. The molecular weight excluding hydrogens is 524 g/mol. The average molecular weight is 555 g/mol. The summed E-state index contributed by atoms with van der Waals surface area (Å²) in [4.78, 5) is 58.1. The summed E-state index contributed by atoms with van der Waals surface area (Å²) in [6, 6.07) is 22.0. The number of imide groups is 2. The highest BCUT2D eigenvalue weighted by Crippen LogP contribution is 2.42. The Morgan fingerprint density at radius 2 is 0.786 bits per heavy atom. The number of hydrogen-bond donors (Lipinski definition) is 0. The van der Waals surface area contributed by atoms with E-state index in [0.29, 0.717) is 56.2 Å². The lowest BCUT2D eigenvalue weighted by molar-refractivity contribution is 0.0873. The molecule has 0 spiro atoms. The average Bonchev–Trinajstić information content (AvgIpc) is 3.75. The van der Waals surface area contributed by atoms with E-state index in [1.54, 1.807) is 36.4 Å². The number of carbonyl (C=O) groups excluding carboxylic acids is 4. The van der Waals surface area contributed by atoms with Crippen LogP contribution in [0.15, 0.2) is 72.8 Å². The molecule has 4 aromatic rings. The number of amides is 4. The maximum absolute atomic E-state index is 13.9. The topological polar surface area (TPSA) is 74.8 Å². The highest BCUT2D eigenvalue weighted by Gasteiger charge is 2.41. The Morgan fingerprint density at radius 3 is 1.12 bits per heavy atom. The van der Waals surface area contributed by atoms with Gasteiger partial charge < -0.3 is 0 Å². The lowest BCUT2D eigenvalue weighted by atomic mass is 9.85. The van der Waals surface area contributed by atoms with Crippen LogP contribution in [0.2, 0.25) is 0 Å². The highest BCUT2D eigenvalue weighted by atomic mass is 16.2. The molecule has 4 aromatic carbocycles. The van der Waals surface area contributed by atoms with Crippen LogP contribution in [0.25, 0.3) is 10.8 Å². The third-order valence-electron chi connectivity index (χ3n) is 9.80. The predicted molar refractivity (Wildman–Crippen MR) is 162 cm³/mol. The molecule has 0 N–H and O–H groups in total. The van der Waals surface area contributed by atoms with Gasteiger partial charge in [0.05, 0.1) is 11.4 Å². The van der Waals surface area contributed by atoms with Gasteiger partial charge in [0.1, 0.15) is 0 Å². The maximum atomic E-state index is 13.9. The second kappa shape index (κ2) is 9.48. The van der Waals surface area contributed by atoms with E-state index in [0.717, 1.165) is 36.8 Å². The Balaban J connectivity index is 1.21. The minimum absolute atomic E-state index is 0.328. The van der Waals surface area contributed by atoms with Gasteiger partial charge in [-0.05, 0) is 97.2 Å². The number of benzene rings is 4. The Bertz CT molecular complexity index is 1640. The molecule has 6 nitrogen and oxygen atoms in total. The molecule has 42 heavy (non-hydrogen) atoms. The number of hydrogen-bond acceptors (Lipinski definition) is 4. The largest absolute Gasteiger partial charge is 0.268 e. The van der Waals surface area contributed by atoms with Crippen LogP contribution in [-0.4, -0.2) is 23.6 Å². The zero-order valence-electron chi connectivity index (χ0n) is 23.3. The zero-order chi connectivity index (χ0) is 28.5. The van der Waals surface area contributed by atoms with Crippen molar-refractivity contribution < 1.29 is 19.2 Å². The number of anilines is 2. The first kappa shape index (κ1) is 25.2. The minimum Gasteiger partial charge on any atom is -0.268 e. The van der Waals surface area contributed by atoms with Gasteiger partial charge in [-0.2, -0.15) is 0 Å². The summed E-state index contributed by atoms with van der Waals surface area (Å²) in [5, 5.41) is 0.786. The molecule has 0 radical (unpaired) electrons. The Labute approximate surface area is 243 Å². The molecule has 0 bridgehead atoms. The van der Waals surface area contributed by atoms with E-state index >= 15 is 0 Å². The van der Waals surface area contributed by atoms with Gasteiger partial charge in [-0.15, -0.1) is 0 Å². The van der Waals surface area contributed by atoms with Gasteiger partial charge in [-0.25, -0.2) is 9.80 Å². The van der Waals surface area contributed by atoms with Crippen molar-refractivity contribution in [1.82, 2.24) is 0 Å². The van der Waals surface area contributed by atoms with E-state index in [4.69, 9.17) is 0 Å². The molecule has 2 aliphatic carbocycles. The summed E-state index contributed by atoms with van der Waals surface area (Å²) in [6.07, 6.45) is 9.22. The molecule has 0 atom stereocenters. The number of nitrogens with zero attached hydrogens (tertiary/aromatic N) is 2. The van der Waals surface area contributed by atoms with Crippen LogP contribution >= 0.6 is 0 Å². The van der Waals surface area contributed by atoms with Gasteiger partial charge in [-0.3, -0.25) is 19.2 Å². The fourth-order valence-corrected chi connectivity index (χ4v) is 7.70. The lowest BCUT2D eigenvalue weighted by Gasteiger charge is -2.32. The summed E-state index contributed by atoms with van der Waals surface area (Å²) in [6.45, 7) is 0. The van der Waals surface area contributed by atoms with Crippen molar-refractivity contribution in [3.05, 3.63) is 106 Å². The quantitative estimate of drug-likeness (QED) is 0.242. The maximum Gasteiger partial charge on any atom is 0.265 e. The van der Waals surface area contributed by atoms with Crippen LogP contribution < -0.4 is 9.80 Å². The van der Waals surface area contributed by atoms with Crippen molar-refractivity contribution in [2.24, 2.45) is 0 Å². The van der Waals surface area contributed by atoms with Crippen molar-refractivity contribution >= 4 is 45.8 Å². The van der Waals surface area contributed by atoms with Crippen LogP contribution in [0.5, 0.6) is 0 Å². The molecule has 2 saturated carbocycles. The SMILES string of the molecule is O=C1c2ccc3c4c(ccc(c24)C(=O)N1c1cccc(C2CCCC2)c1)C(=O)N(c1cccc(C2CCCC2)c1)C3=O. The van der Waals surface area contributed by atoms with Crippen molar-refractivity contribution in [2.45, 2.75) is 63.2 Å². The van der Waals surface area contributed by atoms with E-state index in [-0.39, 0.29) is 0 Å². The van der Waals surface area contributed by atoms with Gasteiger partial charge in [0.2, 0.25) is 0 Å². The molecule has 4 aliphatic rings. The van der Waals surface area contributed by atoms with Crippen molar-refractivity contribution in [3.63, 3.8) is 0 Å². The van der Waals surface area contributed by atoms with E-state index in [1.807, 2.05) is 24.3 Å². The normalized spacial score (nSPS) is 19.0. The Morgan fingerprint density at radius 1 is 0.452 bits per heavy atom. The van der Waals surface area contributed by atoms with Crippen LogP contribution in [0.4, 0.5) is 11.4 Å². The van der Waals surface area contributed by atoms with Crippen LogP contribution in [0, 0.1) is 0 Å². The van der Waals surface area contributed by atoms with Crippen LogP contribution in [0.3, 0.4) is 0 Å². The number of carbonyl (C=O) groups is 4. The third kappa shape index (κ3) is 3.64. The molecule has 0 unspecified atom stereocenters. The molecule has 0 aromatic heterocycles. The first-order chi connectivity index (χ1) is 20.5. The number of rotatable bonds is 4. The Hall–Kier alpha value is -4.58. The monoisotopic (exact) mass is 554 g/mol. The summed E-state index contributed by atoms with van der Waals surface area (Å²) < 4.78 is 0. The third-order valence-corrected chi connectivity index (χ3v) is 9.80. The Kier molecular flexibility index (Phi) is 5.68. The second-order valence-electron chi connectivity index (χ2n) is 12.1. The van der Waals surface area contributed by atoms with Gasteiger partial charge in [0, 0.05) is 33.0 Å². The van der Waals surface area contributed by atoms with Gasteiger partial charge in [-0.1, -0.05) is 49.9 Å². The van der Waals surface area contributed by atoms with Gasteiger partial charge >= 0.3 is 0 Å². The molecule has 0 saturated heterocycles. The molecule has 2 fully saturated rings. The molecule has 208 valence electrons. The van der Waals surface area contributed by atoms with Gasteiger partial charge in [0.25, 0.3) is 23.6 Å². The van der Waals surface area contributed by atoms with Crippen molar-refractivity contribution in [2.75, 3.05) is 9.80 Å². The smallest absolute Gasteiger partial charge is 0.265 e. The summed E-state index contributed by atoms with van der Waals surface area (Å²) in [5.74, 6) is -0.870. The fraction of sp³-hybridized carbons (Fsp3) is 0.278. The van der Waals surface area contributed by atoms with Crippen LogP contribution in [-0.2, 0) is 0 Å². The van der Waals surface area contributed by atoms with Crippen molar-refractivity contribution in [3.8, 4) is 0 Å². The van der Waals surface area contributed by atoms with E-state index < -0.39 is 23.6 Å². The van der Waals surface area contributed by atoms with Gasteiger partial charge in [0.15, 0.2) is 0 Å². The van der Waals surface area contributed by atoms with E-state index in [9.17, 15) is 19.2 Å². The fourth-order valence-electron chi connectivity index (χ4n) is 7.70. The standard InChI is InChI=1S/C36H30N2O4/c39-33-27-15-17-29-32-30(36(42)38(35(29)41)26-14-6-12-24(20-26)22-9-3-4-10-22)18-16-28(31(27)32)34(40)37(33)25-13-5-11-23(19-25)21-7-1-2-8-21/h5-6,11-22H,1-4,7-10H2. The first-order valence-corrected chi connectivity index (χ1v) is 15.1. The minimum atomic E-state index is -0.439. The lowest BCUT2D eigenvalue weighted by Crippen LogP contribution is -2.43.